The fourth-order valence-electron chi connectivity index (χ4n) is 2.63. The summed E-state index contributed by atoms with van der Waals surface area (Å²) >= 11 is 0. The summed E-state index contributed by atoms with van der Waals surface area (Å²) < 4.78 is 27.5. The third kappa shape index (κ3) is 5.78. The first kappa shape index (κ1) is 21.4. The van der Waals surface area contributed by atoms with Crippen molar-refractivity contribution in [3.63, 3.8) is 0 Å². The molecule has 1 amide bonds. The van der Waals surface area contributed by atoms with Crippen LogP contribution < -0.4 is 4.18 Å². The van der Waals surface area contributed by atoms with Gasteiger partial charge in [0.15, 0.2) is 0 Å². The van der Waals surface area contributed by atoms with Gasteiger partial charge in [-0.15, -0.1) is 0 Å². The number of amides is 1. The third-order valence-corrected chi connectivity index (χ3v) is 4.68. The van der Waals surface area contributed by atoms with Gasteiger partial charge >= 0.3 is 10.1 Å². The highest BCUT2D eigenvalue weighted by Gasteiger charge is 2.22. The van der Waals surface area contributed by atoms with Crippen LogP contribution in [0, 0.1) is 10.1 Å². The highest BCUT2D eigenvalue weighted by atomic mass is 32.2. The van der Waals surface area contributed by atoms with E-state index < -0.39 is 15.0 Å². The fraction of sp³-hybridized carbons (Fsp3) is 0.316. The van der Waals surface area contributed by atoms with Gasteiger partial charge < -0.3 is 9.08 Å². The number of nitro benzene ring substituents is 1. The minimum absolute atomic E-state index is 0.133. The first-order valence-corrected chi connectivity index (χ1v) is 10.5. The highest BCUT2D eigenvalue weighted by molar-refractivity contribution is 7.86. The number of non-ortho nitro benzene ring substituents is 1. The zero-order valence-corrected chi connectivity index (χ0v) is 16.7. The van der Waals surface area contributed by atoms with Crippen molar-refractivity contribution in [2.75, 3.05) is 6.26 Å². The number of rotatable bonds is 8. The zero-order valence-electron chi connectivity index (χ0n) is 15.9. The Labute approximate surface area is 164 Å². The summed E-state index contributed by atoms with van der Waals surface area (Å²) in [5.74, 6) is -0.181. The maximum Gasteiger partial charge on any atom is 0.306 e. The predicted molar refractivity (Wildman–Crippen MR) is 105 cm³/mol. The molecule has 150 valence electrons. The third-order valence-electron chi connectivity index (χ3n) is 4.19. The molecular weight excluding hydrogens is 384 g/mol. The van der Waals surface area contributed by atoms with Crippen LogP contribution in [0.5, 0.6) is 5.75 Å². The second-order valence-corrected chi connectivity index (χ2v) is 8.01. The molecule has 0 spiro atoms. The number of benzene rings is 2. The minimum atomic E-state index is -3.66. The van der Waals surface area contributed by atoms with Crippen molar-refractivity contribution >= 4 is 21.7 Å². The maximum absolute atomic E-state index is 13.0. The average molecular weight is 406 g/mol. The summed E-state index contributed by atoms with van der Waals surface area (Å²) in [6.07, 6.45) is 1.64. The van der Waals surface area contributed by atoms with Crippen LogP contribution in [0.3, 0.4) is 0 Å². The molecule has 0 N–H and O–H groups in total. The van der Waals surface area contributed by atoms with Crippen LogP contribution >= 0.6 is 0 Å². The molecule has 1 atom stereocenters. The SMILES string of the molecule is CCC(C)N(Cc1cccc(OS(C)(=O)=O)c1)C(=O)c1cccc([N+](=O)[O-])c1. The molecule has 0 radical (unpaired) electrons. The molecule has 0 saturated heterocycles. The lowest BCUT2D eigenvalue weighted by molar-refractivity contribution is -0.384. The van der Waals surface area contributed by atoms with E-state index in [-0.39, 0.29) is 35.5 Å². The van der Waals surface area contributed by atoms with Crippen LogP contribution in [0.2, 0.25) is 0 Å². The fourth-order valence-corrected chi connectivity index (χ4v) is 3.09. The topological polar surface area (TPSA) is 107 Å². The summed E-state index contributed by atoms with van der Waals surface area (Å²) in [7, 11) is -3.66. The molecule has 0 fully saturated rings. The molecule has 8 nitrogen and oxygen atoms in total. The summed E-state index contributed by atoms with van der Waals surface area (Å²) in [4.78, 5) is 25.1. The summed E-state index contributed by atoms with van der Waals surface area (Å²) in [5.41, 5.74) is 0.747. The van der Waals surface area contributed by atoms with Gasteiger partial charge in [-0.25, -0.2) is 0 Å². The Hall–Kier alpha value is -2.94. The van der Waals surface area contributed by atoms with E-state index in [0.717, 1.165) is 6.26 Å². The van der Waals surface area contributed by atoms with Gasteiger partial charge in [0, 0.05) is 30.3 Å². The van der Waals surface area contributed by atoms with Gasteiger partial charge in [-0.2, -0.15) is 8.42 Å². The lowest BCUT2D eigenvalue weighted by Gasteiger charge is -2.29. The lowest BCUT2D eigenvalue weighted by Crippen LogP contribution is -2.37. The van der Waals surface area contributed by atoms with Gasteiger partial charge in [0.2, 0.25) is 0 Å². The van der Waals surface area contributed by atoms with Gasteiger partial charge in [-0.05, 0) is 37.1 Å². The molecule has 2 aromatic carbocycles. The van der Waals surface area contributed by atoms with Crippen LogP contribution in [-0.4, -0.2) is 36.4 Å². The number of hydrogen-bond donors (Lipinski definition) is 0. The van der Waals surface area contributed by atoms with Crippen LogP contribution in [0.15, 0.2) is 48.5 Å². The molecule has 0 aliphatic rings. The molecule has 0 saturated carbocycles. The largest absolute Gasteiger partial charge is 0.383 e. The number of carbonyl (C=O) groups is 1. The Morgan fingerprint density at radius 3 is 2.50 bits per heavy atom. The Morgan fingerprint density at radius 1 is 1.21 bits per heavy atom. The van der Waals surface area contributed by atoms with Gasteiger partial charge in [0.1, 0.15) is 5.75 Å². The molecule has 28 heavy (non-hydrogen) atoms. The second-order valence-electron chi connectivity index (χ2n) is 6.43. The van der Waals surface area contributed by atoms with Crippen molar-refractivity contribution < 1.29 is 22.3 Å². The Kier molecular flexibility index (Phi) is 6.74. The molecule has 0 bridgehead atoms. The molecule has 1 unspecified atom stereocenters. The Morgan fingerprint density at radius 2 is 1.89 bits per heavy atom. The molecule has 2 rings (SSSR count). The number of hydrogen-bond acceptors (Lipinski definition) is 6. The van der Waals surface area contributed by atoms with E-state index >= 15 is 0 Å². The summed E-state index contributed by atoms with van der Waals surface area (Å²) in [6, 6.07) is 11.9. The number of nitrogens with zero attached hydrogens (tertiary/aromatic N) is 2. The van der Waals surface area contributed by atoms with Crippen molar-refractivity contribution in [1.29, 1.82) is 0 Å². The van der Waals surface area contributed by atoms with Gasteiger partial charge in [0.05, 0.1) is 11.2 Å². The van der Waals surface area contributed by atoms with Crippen molar-refractivity contribution in [3.05, 3.63) is 69.8 Å². The summed E-state index contributed by atoms with van der Waals surface area (Å²) in [6.45, 7) is 4.02. The van der Waals surface area contributed by atoms with Crippen LogP contribution in [0.4, 0.5) is 5.69 Å². The molecule has 0 aromatic heterocycles. The van der Waals surface area contributed by atoms with Crippen molar-refractivity contribution in [1.82, 2.24) is 4.90 Å². The molecule has 0 aliphatic carbocycles. The highest BCUT2D eigenvalue weighted by Crippen LogP contribution is 2.21. The van der Waals surface area contributed by atoms with Crippen LogP contribution in [0.25, 0.3) is 0 Å². The van der Waals surface area contributed by atoms with E-state index in [0.29, 0.717) is 12.0 Å². The predicted octanol–water partition coefficient (Wildman–Crippen LogP) is 3.37. The second kappa shape index (κ2) is 8.83. The van der Waals surface area contributed by atoms with Crippen molar-refractivity contribution in [3.8, 4) is 5.75 Å². The lowest BCUT2D eigenvalue weighted by atomic mass is 10.1. The standard InChI is InChI=1S/C19H22N2O6S/c1-4-14(2)20(19(22)16-8-6-9-17(12-16)21(23)24)13-15-7-5-10-18(11-15)27-28(3,25)26/h5-12,14H,4,13H2,1-3H3. The van der Waals surface area contributed by atoms with E-state index in [1.165, 1.54) is 30.3 Å². The van der Waals surface area contributed by atoms with Gasteiger partial charge in [-0.3, -0.25) is 14.9 Å². The normalized spacial score (nSPS) is 12.2. The van der Waals surface area contributed by atoms with E-state index in [9.17, 15) is 23.3 Å². The van der Waals surface area contributed by atoms with Gasteiger partial charge in [-0.1, -0.05) is 25.1 Å². The molecular formula is C19H22N2O6S. The molecule has 0 heterocycles. The quantitative estimate of drug-likeness (QED) is 0.378. The van der Waals surface area contributed by atoms with E-state index in [4.69, 9.17) is 4.18 Å². The summed E-state index contributed by atoms with van der Waals surface area (Å²) in [5, 5.41) is 11.0. The molecule has 0 aliphatic heterocycles. The number of nitro groups is 1. The first-order chi connectivity index (χ1) is 13.1. The van der Waals surface area contributed by atoms with Crippen molar-refractivity contribution in [2.24, 2.45) is 0 Å². The van der Waals surface area contributed by atoms with Crippen molar-refractivity contribution in [2.45, 2.75) is 32.9 Å². The van der Waals surface area contributed by atoms with Crippen LogP contribution in [0.1, 0.15) is 36.2 Å². The Balaban J connectivity index is 2.32. The Bertz CT molecular complexity index is 974. The molecule has 9 heteroatoms. The molecule has 2 aromatic rings. The van der Waals surface area contributed by atoms with Crippen LogP contribution in [-0.2, 0) is 16.7 Å². The monoisotopic (exact) mass is 406 g/mol. The zero-order chi connectivity index (χ0) is 20.9. The smallest absolute Gasteiger partial charge is 0.306 e. The van der Waals surface area contributed by atoms with E-state index in [1.54, 1.807) is 23.1 Å². The van der Waals surface area contributed by atoms with E-state index in [2.05, 4.69) is 0 Å². The maximum atomic E-state index is 13.0. The average Bonchev–Trinajstić information content (AvgIpc) is 2.64. The van der Waals surface area contributed by atoms with E-state index in [1.807, 2.05) is 13.8 Å². The minimum Gasteiger partial charge on any atom is -0.383 e. The number of carbonyl (C=O) groups excluding carboxylic acids is 1. The van der Waals surface area contributed by atoms with Gasteiger partial charge in [0.25, 0.3) is 11.6 Å². The first-order valence-electron chi connectivity index (χ1n) is 8.64.